The first-order chi connectivity index (χ1) is 8.60. The molecule has 0 aliphatic rings. The van der Waals surface area contributed by atoms with Crippen molar-refractivity contribution in [3.8, 4) is 5.75 Å². The Morgan fingerprint density at radius 3 is 2.83 bits per heavy atom. The Bertz CT molecular complexity index is 411. The van der Waals surface area contributed by atoms with E-state index in [0.29, 0.717) is 23.7 Å². The van der Waals surface area contributed by atoms with Crippen molar-refractivity contribution in [2.24, 2.45) is 0 Å². The van der Waals surface area contributed by atoms with Crippen LogP contribution in [-0.4, -0.2) is 28.5 Å². The van der Waals surface area contributed by atoms with Gasteiger partial charge in [-0.1, -0.05) is 13.0 Å². The van der Waals surface area contributed by atoms with Gasteiger partial charge in [-0.25, -0.2) is 0 Å². The Labute approximate surface area is 110 Å². The quantitative estimate of drug-likeness (QED) is 0.469. The molecule has 1 atom stereocenters. The summed E-state index contributed by atoms with van der Waals surface area (Å²) in [5.74, 6) is 0.295. The molecule has 5 nitrogen and oxygen atoms in total. The molecule has 0 aliphatic heterocycles. The van der Waals surface area contributed by atoms with Crippen molar-refractivity contribution in [1.29, 1.82) is 0 Å². The average Bonchev–Trinajstić information content (AvgIpc) is 2.29. The lowest BCUT2D eigenvalue weighted by atomic mass is 10.3. The maximum atomic E-state index is 11.1. The lowest BCUT2D eigenvalue weighted by molar-refractivity contribution is -0.388. The van der Waals surface area contributed by atoms with Crippen molar-refractivity contribution in [2.75, 3.05) is 13.2 Å². The number of benzene rings is 1. The van der Waals surface area contributed by atoms with E-state index in [1.165, 1.54) is 11.8 Å². The topological polar surface area (TPSA) is 72.6 Å². The summed E-state index contributed by atoms with van der Waals surface area (Å²) in [6.45, 7) is 4.18. The first-order valence-electron chi connectivity index (χ1n) is 5.77. The Morgan fingerprint density at radius 2 is 2.28 bits per heavy atom. The third-order valence-electron chi connectivity index (χ3n) is 2.31. The summed E-state index contributed by atoms with van der Waals surface area (Å²) in [6, 6.07) is 5.05. The SMILES string of the molecule is CCOc1cccc(SC(C)CCO)c1[N+](=O)[O-]. The van der Waals surface area contributed by atoms with Gasteiger partial charge < -0.3 is 9.84 Å². The highest BCUT2D eigenvalue weighted by Gasteiger charge is 2.22. The van der Waals surface area contributed by atoms with E-state index in [1.807, 2.05) is 6.92 Å². The van der Waals surface area contributed by atoms with E-state index in [9.17, 15) is 10.1 Å². The fraction of sp³-hybridized carbons (Fsp3) is 0.500. The van der Waals surface area contributed by atoms with Gasteiger partial charge in [-0.15, -0.1) is 11.8 Å². The van der Waals surface area contributed by atoms with E-state index in [-0.39, 0.29) is 17.5 Å². The summed E-state index contributed by atoms with van der Waals surface area (Å²) >= 11 is 1.38. The molecule has 0 saturated carbocycles. The van der Waals surface area contributed by atoms with Crippen molar-refractivity contribution in [3.63, 3.8) is 0 Å². The summed E-state index contributed by atoms with van der Waals surface area (Å²) in [4.78, 5) is 11.3. The van der Waals surface area contributed by atoms with Crippen LogP contribution in [0.1, 0.15) is 20.3 Å². The zero-order chi connectivity index (χ0) is 13.5. The number of hydrogen-bond donors (Lipinski definition) is 1. The lowest BCUT2D eigenvalue weighted by Gasteiger charge is -2.11. The van der Waals surface area contributed by atoms with Gasteiger partial charge in [0.1, 0.15) is 0 Å². The van der Waals surface area contributed by atoms with Gasteiger partial charge in [0.2, 0.25) is 0 Å². The minimum absolute atomic E-state index is 0.00846. The molecule has 0 heterocycles. The van der Waals surface area contributed by atoms with Gasteiger partial charge in [-0.05, 0) is 25.5 Å². The molecule has 0 spiro atoms. The number of aliphatic hydroxyl groups excluding tert-OH is 1. The number of aliphatic hydroxyl groups is 1. The van der Waals surface area contributed by atoms with Crippen LogP contribution in [0.4, 0.5) is 5.69 Å². The number of nitro benzene ring substituents is 1. The van der Waals surface area contributed by atoms with E-state index in [0.717, 1.165) is 0 Å². The third kappa shape index (κ3) is 3.89. The molecule has 0 fully saturated rings. The highest BCUT2D eigenvalue weighted by Crippen LogP contribution is 2.39. The molecule has 1 N–H and O–H groups in total. The molecule has 0 bridgehead atoms. The highest BCUT2D eigenvalue weighted by atomic mass is 32.2. The average molecular weight is 271 g/mol. The van der Waals surface area contributed by atoms with Gasteiger partial charge in [-0.2, -0.15) is 0 Å². The first kappa shape index (κ1) is 14.8. The van der Waals surface area contributed by atoms with Crippen molar-refractivity contribution in [2.45, 2.75) is 30.4 Å². The summed E-state index contributed by atoms with van der Waals surface area (Å²) in [5, 5.41) is 20.1. The van der Waals surface area contributed by atoms with Crippen molar-refractivity contribution in [3.05, 3.63) is 28.3 Å². The zero-order valence-electron chi connectivity index (χ0n) is 10.5. The molecule has 1 aromatic carbocycles. The molecular formula is C12H17NO4S. The second kappa shape index (κ2) is 7.23. The smallest absolute Gasteiger partial charge is 0.324 e. The fourth-order valence-electron chi connectivity index (χ4n) is 1.51. The molecule has 1 unspecified atom stereocenters. The van der Waals surface area contributed by atoms with Crippen LogP contribution in [-0.2, 0) is 0 Å². The molecule has 0 radical (unpaired) electrons. The molecule has 18 heavy (non-hydrogen) atoms. The van der Waals surface area contributed by atoms with E-state index in [2.05, 4.69) is 0 Å². The predicted octanol–water partition coefficient (Wildman–Crippen LogP) is 2.86. The monoisotopic (exact) mass is 271 g/mol. The maximum Gasteiger partial charge on any atom is 0.324 e. The molecule has 100 valence electrons. The van der Waals surface area contributed by atoms with Gasteiger partial charge in [-0.3, -0.25) is 10.1 Å². The van der Waals surface area contributed by atoms with Crippen LogP contribution >= 0.6 is 11.8 Å². The number of nitro groups is 1. The molecule has 1 rings (SSSR count). The number of thioether (sulfide) groups is 1. The largest absolute Gasteiger partial charge is 0.487 e. The molecule has 0 saturated heterocycles. The van der Waals surface area contributed by atoms with Gasteiger partial charge in [0, 0.05) is 11.9 Å². The lowest BCUT2D eigenvalue weighted by Crippen LogP contribution is -2.02. The number of hydrogen-bond acceptors (Lipinski definition) is 5. The third-order valence-corrected chi connectivity index (χ3v) is 3.53. The van der Waals surface area contributed by atoms with Crippen molar-refractivity contribution >= 4 is 17.4 Å². The van der Waals surface area contributed by atoms with Gasteiger partial charge >= 0.3 is 5.69 Å². The molecule has 6 heteroatoms. The fourth-order valence-corrected chi connectivity index (χ4v) is 2.61. The number of ether oxygens (including phenoxy) is 1. The Morgan fingerprint density at radius 1 is 1.56 bits per heavy atom. The highest BCUT2D eigenvalue weighted by molar-refractivity contribution is 8.00. The van der Waals surface area contributed by atoms with Crippen molar-refractivity contribution in [1.82, 2.24) is 0 Å². The number of nitrogens with zero attached hydrogens (tertiary/aromatic N) is 1. The molecule has 0 aromatic heterocycles. The van der Waals surface area contributed by atoms with Crippen LogP contribution in [0.15, 0.2) is 23.1 Å². The Balaban J connectivity index is 3.02. The minimum Gasteiger partial charge on any atom is -0.487 e. The maximum absolute atomic E-state index is 11.1. The number of rotatable bonds is 7. The van der Waals surface area contributed by atoms with Gasteiger partial charge in [0.05, 0.1) is 16.4 Å². The van der Waals surface area contributed by atoms with E-state index in [1.54, 1.807) is 25.1 Å². The molecule has 1 aromatic rings. The van der Waals surface area contributed by atoms with Crippen LogP contribution < -0.4 is 4.74 Å². The van der Waals surface area contributed by atoms with Crippen LogP contribution in [0.5, 0.6) is 5.75 Å². The van der Waals surface area contributed by atoms with Crippen LogP contribution in [0.2, 0.25) is 0 Å². The van der Waals surface area contributed by atoms with Crippen molar-refractivity contribution < 1.29 is 14.8 Å². The minimum atomic E-state index is -0.418. The Kier molecular flexibility index (Phi) is 5.94. The second-order valence-electron chi connectivity index (χ2n) is 3.73. The van der Waals surface area contributed by atoms with Gasteiger partial charge in [0.15, 0.2) is 5.75 Å². The van der Waals surface area contributed by atoms with E-state index < -0.39 is 4.92 Å². The van der Waals surface area contributed by atoms with E-state index >= 15 is 0 Å². The second-order valence-corrected chi connectivity index (χ2v) is 5.21. The predicted molar refractivity (Wildman–Crippen MR) is 71.3 cm³/mol. The van der Waals surface area contributed by atoms with E-state index in [4.69, 9.17) is 9.84 Å². The van der Waals surface area contributed by atoms with Crippen LogP contribution in [0.3, 0.4) is 0 Å². The molecular weight excluding hydrogens is 254 g/mol. The summed E-state index contributed by atoms with van der Waals surface area (Å²) < 4.78 is 5.28. The van der Waals surface area contributed by atoms with Crippen LogP contribution in [0, 0.1) is 10.1 Å². The summed E-state index contributed by atoms with van der Waals surface area (Å²) in [7, 11) is 0. The molecule has 0 aliphatic carbocycles. The van der Waals surface area contributed by atoms with Crippen LogP contribution in [0.25, 0.3) is 0 Å². The standard InChI is InChI=1S/C12H17NO4S/c1-3-17-10-5-4-6-11(12(10)13(15)16)18-9(2)7-8-14/h4-6,9,14H,3,7-8H2,1-2H3. The summed E-state index contributed by atoms with van der Waals surface area (Å²) in [5.41, 5.74) is 0.00846. The molecule has 0 amide bonds. The Hall–Kier alpha value is -1.27. The first-order valence-corrected chi connectivity index (χ1v) is 6.65. The van der Waals surface area contributed by atoms with Gasteiger partial charge in [0.25, 0.3) is 0 Å². The normalized spacial score (nSPS) is 12.2. The zero-order valence-corrected chi connectivity index (χ0v) is 11.3. The summed E-state index contributed by atoms with van der Waals surface area (Å²) in [6.07, 6.45) is 0.598. The number of para-hydroxylation sites is 1.